The molecule has 240 valence electrons. The average molecular weight is 642 g/mol. The van der Waals surface area contributed by atoms with Crippen molar-refractivity contribution in [1.29, 1.82) is 0 Å². The highest BCUT2D eigenvalue weighted by Gasteiger charge is 2.50. The third-order valence-corrected chi connectivity index (χ3v) is 7.21. The van der Waals surface area contributed by atoms with Crippen LogP contribution >= 0.6 is 11.3 Å². The number of benzene rings is 2. The monoisotopic (exact) mass is 641 g/mol. The van der Waals surface area contributed by atoms with E-state index in [-0.39, 0.29) is 24.4 Å². The number of likely N-dealkylation sites (tertiary alicyclic amines) is 1. The number of carbonyl (C=O) groups excluding carboxylic acids is 3. The summed E-state index contributed by atoms with van der Waals surface area (Å²) in [6.07, 6.45) is -3.24. The number of carbonyl (C=O) groups is 3. The molecule has 1 amide bonds. The highest BCUT2D eigenvalue weighted by molar-refractivity contribution is 7.13. The van der Waals surface area contributed by atoms with Crippen LogP contribution in [0, 0.1) is 10.1 Å². The van der Waals surface area contributed by atoms with Crippen LogP contribution in [-0.2, 0) is 25.4 Å². The van der Waals surface area contributed by atoms with Crippen molar-refractivity contribution < 1.29 is 43.0 Å². The molecule has 14 heteroatoms. The van der Waals surface area contributed by atoms with E-state index in [2.05, 4.69) is 4.98 Å². The van der Waals surface area contributed by atoms with Crippen LogP contribution in [0.2, 0.25) is 0 Å². The fourth-order valence-corrected chi connectivity index (χ4v) is 5.17. The van der Waals surface area contributed by atoms with Crippen molar-refractivity contribution in [3.8, 4) is 16.2 Å². The number of ether oxygens (including phenoxy) is 5. The van der Waals surface area contributed by atoms with Crippen LogP contribution < -0.4 is 4.74 Å². The molecule has 13 nitrogen and oxygen atoms in total. The quantitative estimate of drug-likeness (QED) is 0.0880. The minimum atomic E-state index is -1.20. The third-order valence-electron chi connectivity index (χ3n) is 6.38. The maximum Gasteiger partial charge on any atom is 0.514 e. The van der Waals surface area contributed by atoms with E-state index in [0.717, 1.165) is 16.0 Å². The van der Waals surface area contributed by atoms with Gasteiger partial charge < -0.3 is 23.7 Å². The summed E-state index contributed by atoms with van der Waals surface area (Å²) in [5.74, 6) is -0.00703. The predicted molar refractivity (Wildman–Crippen MR) is 163 cm³/mol. The Morgan fingerprint density at radius 3 is 2.13 bits per heavy atom. The van der Waals surface area contributed by atoms with Gasteiger partial charge in [-0.1, -0.05) is 24.3 Å². The van der Waals surface area contributed by atoms with Crippen molar-refractivity contribution in [2.75, 3.05) is 6.54 Å². The van der Waals surface area contributed by atoms with E-state index in [1.807, 2.05) is 24.3 Å². The van der Waals surface area contributed by atoms with E-state index in [0.29, 0.717) is 0 Å². The molecule has 4 rings (SSSR count). The molecule has 0 spiro atoms. The van der Waals surface area contributed by atoms with Crippen molar-refractivity contribution in [3.05, 3.63) is 75.9 Å². The van der Waals surface area contributed by atoms with Crippen LogP contribution in [0.25, 0.3) is 10.4 Å². The van der Waals surface area contributed by atoms with Crippen LogP contribution in [0.3, 0.4) is 0 Å². The maximum absolute atomic E-state index is 13.4. The first kappa shape index (κ1) is 33.2. The molecule has 0 radical (unpaired) electrons. The van der Waals surface area contributed by atoms with E-state index in [9.17, 15) is 24.5 Å². The zero-order chi connectivity index (χ0) is 32.9. The van der Waals surface area contributed by atoms with Gasteiger partial charge in [0.1, 0.15) is 17.0 Å². The van der Waals surface area contributed by atoms with Crippen molar-refractivity contribution >= 4 is 35.4 Å². The molecule has 0 N–H and O–H groups in total. The van der Waals surface area contributed by atoms with Gasteiger partial charge in [-0.25, -0.2) is 14.4 Å². The lowest BCUT2D eigenvalue weighted by molar-refractivity contribution is -0.384. The lowest BCUT2D eigenvalue weighted by Gasteiger charge is -2.30. The zero-order valence-electron chi connectivity index (χ0n) is 25.8. The first-order valence-electron chi connectivity index (χ1n) is 14.1. The summed E-state index contributed by atoms with van der Waals surface area (Å²) in [7, 11) is 0. The summed E-state index contributed by atoms with van der Waals surface area (Å²) >= 11 is 1.50. The maximum atomic E-state index is 13.4. The van der Waals surface area contributed by atoms with Crippen LogP contribution in [0.5, 0.6) is 5.75 Å². The summed E-state index contributed by atoms with van der Waals surface area (Å²) in [5, 5.41) is 11.0. The van der Waals surface area contributed by atoms with Crippen LogP contribution in [0.15, 0.2) is 60.2 Å². The molecule has 1 aliphatic heterocycles. The molecule has 1 fully saturated rings. The van der Waals surface area contributed by atoms with Crippen LogP contribution in [-0.4, -0.2) is 69.2 Å². The number of nitrogens with zero attached hydrogens (tertiary/aromatic N) is 3. The second-order valence-corrected chi connectivity index (χ2v) is 13.2. The van der Waals surface area contributed by atoms with Crippen molar-refractivity contribution in [2.24, 2.45) is 0 Å². The highest BCUT2D eigenvalue weighted by atomic mass is 32.1. The number of hydrogen-bond acceptors (Lipinski definition) is 12. The standard InChI is InChI=1S/C31H35N3O10S/c1-30(2,3)43-27(35)33-17-24(41-29(37)44-31(4,5)6)26(42-28(36)40-22-13-11-21(12-14-22)34(38)39)23(33)15-19-7-9-20(10-8-19)25-16-32-18-45-25/h7-14,16,18,23-24,26H,15,17H2,1-6H3/t23-,24+,26+/m1/s1. The molecule has 3 aromatic rings. The van der Waals surface area contributed by atoms with Gasteiger partial charge in [-0.15, -0.1) is 11.3 Å². The SMILES string of the molecule is CC(C)(C)OC(=O)O[C@H]1CN(C(=O)OC(C)(C)C)[C@H](Cc2ccc(-c3cncs3)cc2)[C@@H]1OC(=O)Oc1ccc([N+](=O)[O-])cc1. The predicted octanol–water partition coefficient (Wildman–Crippen LogP) is 6.78. The summed E-state index contributed by atoms with van der Waals surface area (Å²) < 4.78 is 27.6. The number of nitro benzene ring substituents is 1. The molecule has 1 aliphatic rings. The zero-order valence-corrected chi connectivity index (χ0v) is 26.6. The third kappa shape index (κ3) is 9.38. The fraction of sp³-hybridized carbons (Fsp3) is 0.419. The molecule has 0 aliphatic carbocycles. The highest BCUT2D eigenvalue weighted by Crippen LogP contribution is 2.31. The Bertz CT molecular complexity index is 1500. The smallest absolute Gasteiger partial charge is 0.444 e. The Balaban J connectivity index is 1.63. The minimum absolute atomic E-state index is 0.00703. The molecular weight excluding hydrogens is 606 g/mol. The molecule has 2 aromatic carbocycles. The Morgan fingerprint density at radius 2 is 1.58 bits per heavy atom. The Hall–Kier alpha value is -4.72. The Morgan fingerprint density at radius 1 is 0.933 bits per heavy atom. The van der Waals surface area contributed by atoms with E-state index in [1.54, 1.807) is 53.2 Å². The van der Waals surface area contributed by atoms with Gasteiger partial charge in [0, 0.05) is 18.3 Å². The van der Waals surface area contributed by atoms with Gasteiger partial charge in [0.25, 0.3) is 5.69 Å². The van der Waals surface area contributed by atoms with Gasteiger partial charge in [-0.3, -0.25) is 20.0 Å². The summed E-state index contributed by atoms with van der Waals surface area (Å²) in [4.78, 5) is 56.1. The molecule has 1 aromatic heterocycles. The largest absolute Gasteiger partial charge is 0.514 e. The number of amides is 1. The van der Waals surface area contributed by atoms with Gasteiger partial charge in [0.15, 0.2) is 12.2 Å². The summed E-state index contributed by atoms with van der Waals surface area (Å²) in [6, 6.07) is 11.6. The lowest BCUT2D eigenvalue weighted by Crippen LogP contribution is -2.45. The number of non-ortho nitro benzene ring substituents is 1. The number of rotatable bonds is 7. The molecular formula is C31H35N3O10S. The van der Waals surface area contributed by atoms with Crippen LogP contribution in [0.1, 0.15) is 47.1 Å². The molecule has 0 bridgehead atoms. The first-order chi connectivity index (χ1) is 21.1. The Kier molecular flexibility index (Phi) is 9.96. The molecule has 1 saturated heterocycles. The number of thiazole rings is 1. The Labute approximate surface area is 264 Å². The normalized spacial score (nSPS) is 18.2. The summed E-state index contributed by atoms with van der Waals surface area (Å²) in [6.45, 7) is 10.0. The van der Waals surface area contributed by atoms with E-state index >= 15 is 0 Å². The van der Waals surface area contributed by atoms with Gasteiger partial charge >= 0.3 is 18.4 Å². The van der Waals surface area contributed by atoms with Crippen LogP contribution in [0.4, 0.5) is 20.1 Å². The van der Waals surface area contributed by atoms with Crippen molar-refractivity contribution in [2.45, 2.75) is 77.4 Å². The second-order valence-electron chi connectivity index (χ2n) is 12.3. The van der Waals surface area contributed by atoms with Crippen molar-refractivity contribution in [1.82, 2.24) is 9.88 Å². The van der Waals surface area contributed by atoms with Gasteiger partial charge in [-0.05, 0) is 71.2 Å². The van der Waals surface area contributed by atoms with E-state index in [1.165, 1.54) is 40.5 Å². The summed E-state index contributed by atoms with van der Waals surface area (Å²) in [5.41, 5.74) is 1.60. The topological polar surface area (TPSA) is 157 Å². The van der Waals surface area contributed by atoms with Gasteiger partial charge in [0.05, 0.1) is 27.9 Å². The van der Waals surface area contributed by atoms with E-state index in [4.69, 9.17) is 23.7 Å². The number of nitro groups is 1. The average Bonchev–Trinajstić information content (AvgIpc) is 3.57. The molecule has 45 heavy (non-hydrogen) atoms. The molecule has 3 atom stereocenters. The van der Waals surface area contributed by atoms with Crippen molar-refractivity contribution in [3.63, 3.8) is 0 Å². The minimum Gasteiger partial charge on any atom is -0.444 e. The molecule has 2 heterocycles. The fourth-order valence-electron chi connectivity index (χ4n) is 4.54. The second kappa shape index (κ2) is 13.5. The van der Waals surface area contributed by atoms with Gasteiger partial charge in [-0.2, -0.15) is 0 Å². The number of hydrogen-bond donors (Lipinski definition) is 0. The molecule has 0 unspecified atom stereocenters. The number of aromatic nitrogens is 1. The lowest BCUT2D eigenvalue weighted by atomic mass is 9.99. The van der Waals surface area contributed by atoms with Gasteiger partial charge in [0.2, 0.25) is 0 Å². The first-order valence-corrected chi connectivity index (χ1v) is 15.0. The molecule has 0 saturated carbocycles. The van der Waals surface area contributed by atoms with E-state index < -0.39 is 52.8 Å².